The van der Waals surface area contributed by atoms with Crippen LogP contribution in [0.1, 0.15) is 6.92 Å². The molecule has 3 rings (SSSR count). The zero-order valence-electron chi connectivity index (χ0n) is 10.7. The summed E-state index contributed by atoms with van der Waals surface area (Å²) in [7, 11) is -3.50. The lowest BCUT2D eigenvalue weighted by Crippen LogP contribution is -2.11. The van der Waals surface area contributed by atoms with E-state index in [1.165, 1.54) is 6.92 Å². The molecule has 0 aliphatic heterocycles. The average Bonchev–Trinajstić information content (AvgIpc) is 3.00. The highest BCUT2D eigenvalue weighted by Gasteiger charge is 2.10. The average molecular weight is 292 g/mol. The summed E-state index contributed by atoms with van der Waals surface area (Å²) in [6.07, 6.45) is 5.15. The van der Waals surface area contributed by atoms with E-state index in [0.717, 1.165) is 11.3 Å². The molecule has 1 aromatic carbocycles. The van der Waals surface area contributed by atoms with Gasteiger partial charge in [0, 0.05) is 18.0 Å². The van der Waals surface area contributed by atoms with Gasteiger partial charge in [-0.15, -0.1) is 0 Å². The Morgan fingerprint density at radius 1 is 1.30 bits per heavy atom. The van der Waals surface area contributed by atoms with E-state index in [0.29, 0.717) is 11.6 Å². The molecular formula is C13H12N2O4S. The molecule has 20 heavy (non-hydrogen) atoms. The van der Waals surface area contributed by atoms with Crippen LogP contribution in [0.3, 0.4) is 0 Å². The predicted molar refractivity (Wildman–Crippen MR) is 73.0 cm³/mol. The first-order chi connectivity index (χ1) is 9.57. The third-order valence-corrected chi connectivity index (χ3v) is 3.97. The second-order valence-electron chi connectivity index (χ2n) is 4.17. The monoisotopic (exact) mass is 292 g/mol. The van der Waals surface area contributed by atoms with Gasteiger partial charge in [-0.25, -0.2) is 0 Å². The summed E-state index contributed by atoms with van der Waals surface area (Å²) in [5.41, 5.74) is 1.60. The molecule has 7 heteroatoms. The first kappa shape index (κ1) is 12.7. The van der Waals surface area contributed by atoms with Crippen molar-refractivity contribution in [2.75, 3.05) is 5.75 Å². The van der Waals surface area contributed by atoms with Crippen LogP contribution in [0.15, 0.2) is 47.3 Å². The molecule has 0 amide bonds. The Balaban J connectivity index is 1.87. The number of fused-ring (bicyclic) bond motifs is 1. The Morgan fingerprint density at radius 2 is 2.05 bits per heavy atom. The molecule has 0 fully saturated rings. The van der Waals surface area contributed by atoms with E-state index < -0.39 is 10.1 Å². The van der Waals surface area contributed by atoms with Gasteiger partial charge in [-0.3, -0.25) is 4.40 Å². The van der Waals surface area contributed by atoms with Gasteiger partial charge in [-0.2, -0.15) is 13.4 Å². The van der Waals surface area contributed by atoms with E-state index in [4.69, 9.17) is 8.60 Å². The molecule has 0 saturated heterocycles. The summed E-state index contributed by atoms with van der Waals surface area (Å²) in [6, 6.07) is 6.71. The van der Waals surface area contributed by atoms with Crippen LogP contribution in [-0.2, 0) is 10.1 Å². The Labute approximate surface area is 115 Å². The lowest BCUT2D eigenvalue weighted by atomic mass is 10.2. The van der Waals surface area contributed by atoms with Gasteiger partial charge in [-0.1, -0.05) is 0 Å². The molecule has 0 saturated carbocycles. The third-order valence-electron chi connectivity index (χ3n) is 2.82. The van der Waals surface area contributed by atoms with Crippen LogP contribution in [0.2, 0.25) is 0 Å². The highest BCUT2D eigenvalue weighted by Crippen LogP contribution is 2.23. The summed E-state index contributed by atoms with van der Waals surface area (Å²) in [5, 5.41) is 0. The Kier molecular flexibility index (Phi) is 2.98. The maximum Gasteiger partial charge on any atom is 0.308 e. The topological polar surface area (TPSA) is 73.8 Å². The van der Waals surface area contributed by atoms with Crippen molar-refractivity contribution >= 4 is 16.0 Å². The zero-order valence-corrected chi connectivity index (χ0v) is 11.5. The van der Waals surface area contributed by atoms with Gasteiger partial charge >= 0.3 is 16.0 Å². The molecule has 104 valence electrons. The Bertz CT molecular complexity index is 802. The fraction of sp³-hybridized carbons (Fsp3) is 0.154. The molecule has 0 radical (unpaired) electrons. The van der Waals surface area contributed by atoms with Crippen molar-refractivity contribution in [3.63, 3.8) is 0 Å². The second kappa shape index (κ2) is 4.68. The van der Waals surface area contributed by atoms with Crippen molar-refractivity contribution in [3.8, 4) is 17.0 Å². The maximum atomic E-state index is 11.4. The normalized spacial score (nSPS) is 11.8. The van der Waals surface area contributed by atoms with E-state index in [-0.39, 0.29) is 5.75 Å². The molecule has 0 N–H and O–H groups in total. The quantitative estimate of drug-likeness (QED) is 0.690. The van der Waals surface area contributed by atoms with Crippen molar-refractivity contribution in [1.82, 2.24) is 9.38 Å². The molecule has 3 aromatic rings. The van der Waals surface area contributed by atoms with Crippen molar-refractivity contribution < 1.29 is 17.0 Å². The minimum Gasteiger partial charge on any atom is -0.432 e. The van der Waals surface area contributed by atoms with Gasteiger partial charge in [0.2, 0.25) is 0 Å². The molecule has 0 atom stereocenters. The Hall–Kier alpha value is -2.28. The number of hydrogen-bond donors (Lipinski definition) is 0. The Morgan fingerprint density at radius 3 is 2.70 bits per heavy atom. The van der Waals surface area contributed by atoms with Gasteiger partial charge in [0.05, 0.1) is 11.4 Å². The highest BCUT2D eigenvalue weighted by atomic mass is 32.2. The van der Waals surface area contributed by atoms with Gasteiger partial charge in [0.1, 0.15) is 12.0 Å². The summed E-state index contributed by atoms with van der Waals surface area (Å²) in [6.45, 7) is 1.53. The molecule has 0 spiro atoms. The van der Waals surface area contributed by atoms with Gasteiger partial charge in [-0.05, 0) is 31.2 Å². The molecule has 2 heterocycles. The van der Waals surface area contributed by atoms with Crippen LogP contribution in [0.5, 0.6) is 5.75 Å². The predicted octanol–water partition coefficient (Wildman–Crippen LogP) is 2.32. The first-order valence-corrected chi connectivity index (χ1v) is 7.60. The van der Waals surface area contributed by atoms with Crippen LogP contribution in [-0.4, -0.2) is 23.6 Å². The summed E-state index contributed by atoms with van der Waals surface area (Å²) in [5.74, 6) is 0.735. The van der Waals surface area contributed by atoms with Gasteiger partial charge < -0.3 is 8.60 Å². The van der Waals surface area contributed by atoms with E-state index in [2.05, 4.69) is 4.98 Å². The van der Waals surface area contributed by atoms with Crippen molar-refractivity contribution in [2.24, 2.45) is 0 Å². The molecule has 0 bridgehead atoms. The highest BCUT2D eigenvalue weighted by molar-refractivity contribution is 7.87. The number of benzene rings is 1. The van der Waals surface area contributed by atoms with Crippen LogP contribution in [0.4, 0.5) is 0 Å². The second-order valence-corrected chi connectivity index (χ2v) is 6.03. The zero-order chi connectivity index (χ0) is 14.2. The maximum absolute atomic E-state index is 11.4. The summed E-state index contributed by atoms with van der Waals surface area (Å²) < 4.78 is 34.6. The number of aromatic nitrogens is 2. The molecule has 6 nitrogen and oxygen atoms in total. The molecule has 0 aliphatic rings. The minimum absolute atomic E-state index is 0.0633. The molecule has 0 unspecified atom stereocenters. The minimum atomic E-state index is -3.50. The smallest absolute Gasteiger partial charge is 0.308 e. The number of nitrogens with zero attached hydrogens (tertiary/aromatic N) is 2. The summed E-state index contributed by atoms with van der Waals surface area (Å²) >= 11 is 0. The van der Waals surface area contributed by atoms with Crippen molar-refractivity contribution in [1.29, 1.82) is 0 Å². The molecule has 2 aromatic heterocycles. The van der Waals surface area contributed by atoms with E-state index >= 15 is 0 Å². The van der Waals surface area contributed by atoms with Crippen molar-refractivity contribution in [3.05, 3.63) is 42.9 Å². The first-order valence-electron chi connectivity index (χ1n) is 6.02. The number of oxazole rings is 1. The van der Waals surface area contributed by atoms with Crippen LogP contribution < -0.4 is 4.18 Å². The standard InChI is InChI=1S/C13H12N2O4S/c1-2-20(16,17)19-11-5-3-10(4-6-11)12-9-15-7-8-18-13(15)14-12/h3-9H,2H2,1H3. The van der Waals surface area contributed by atoms with Gasteiger partial charge in [0.25, 0.3) is 0 Å². The molecular weight excluding hydrogens is 280 g/mol. The van der Waals surface area contributed by atoms with E-state index in [1.807, 2.05) is 6.20 Å². The van der Waals surface area contributed by atoms with Gasteiger partial charge in [0.15, 0.2) is 0 Å². The number of hydrogen-bond acceptors (Lipinski definition) is 5. The third kappa shape index (κ3) is 2.39. The largest absolute Gasteiger partial charge is 0.432 e. The fourth-order valence-electron chi connectivity index (χ4n) is 1.75. The van der Waals surface area contributed by atoms with E-state index in [1.54, 1.807) is 41.1 Å². The SMILES string of the molecule is CCS(=O)(=O)Oc1ccc(-c2cn3ccoc3n2)cc1. The number of imidazole rings is 1. The van der Waals surface area contributed by atoms with Crippen LogP contribution in [0.25, 0.3) is 17.1 Å². The molecule has 0 aliphatic carbocycles. The van der Waals surface area contributed by atoms with Crippen molar-refractivity contribution in [2.45, 2.75) is 6.92 Å². The lowest BCUT2D eigenvalue weighted by molar-refractivity contribution is 0.487. The van der Waals surface area contributed by atoms with Crippen LogP contribution >= 0.6 is 0 Å². The number of rotatable bonds is 4. The fourth-order valence-corrected chi connectivity index (χ4v) is 2.28. The lowest BCUT2D eigenvalue weighted by Gasteiger charge is -2.05. The summed E-state index contributed by atoms with van der Waals surface area (Å²) in [4.78, 5) is 4.30. The van der Waals surface area contributed by atoms with E-state index in [9.17, 15) is 8.42 Å². The van der Waals surface area contributed by atoms with Crippen LogP contribution in [0, 0.1) is 0 Å².